The van der Waals surface area contributed by atoms with Gasteiger partial charge in [-0.2, -0.15) is 0 Å². The number of benzene rings is 1. The molecule has 1 aromatic heterocycles. The smallest absolute Gasteiger partial charge is 0.221 e. The van der Waals surface area contributed by atoms with Gasteiger partial charge in [-0.15, -0.1) is 0 Å². The van der Waals surface area contributed by atoms with E-state index in [1.165, 1.54) is 0 Å². The van der Waals surface area contributed by atoms with E-state index in [1.807, 2.05) is 55.9 Å². The topological polar surface area (TPSA) is 46.9 Å². The Labute approximate surface area is 130 Å². The van der Waals surface area contributed by atoms with Crippen molar-refractivity contribution in [3.63, 3.8) is 0 Å². The Bertz CT molecular complexity index is 621. The molecule has 0 aliphatic heterocycles. The monoisotopic (exact) mass is 305 g/mol. The lowest BCUT2D eigenvalue weighted by molar-refractivity contribution is -0.122. The van der Waals surface area contributed by atoms with Crippen LogP contribution in [0.5, 0.6) is 0 Å². The molecular formula is C16H20ClN3O. The van der Waals surface area contributed by atoms with Gasteiger partial charge in [-0.25, -0.2) is 4.98 Å². The highest BCUT2D eigenvalue weighted by Gasteiger charge is 2.21. The van der Waals surface area contributed by atoms with Crippen molar-refractivity contribution in [3.8, 4) is 0 Å². The highest BCUT2D eigenvalue weighted by atomic mass is 35.5. The molecule has 0 fully saturated rings. The Morgan fingerprint density at radius 2 is 2.19 bits per heavy atom. The molecule has 0 aliphatic carbocycles. The van der Waals surface area contributed by atoms with E-state index in [9.17, 15) is 4.79 Å². The Morgan fingerprint density at radius 1 is 1.43 bits per heavy atom. The number of imidazole rings is 1. The van der Waals surface area contributed by atoms with Crippen molar-refractivity contribution < 1.29 is 4.79 Å². The fraction of sp³-hybridized carbons (Fsp3) is 0.375. The molecule has 2 aromatic rings. The Balaban J connectivity index is 2.31. The van der Waals surface area contributed by atoms with Crippen LogP contribution in [-0.4, -0.2) is 15.5 Å². The molecule has 2 rings (SSSR count). The molecule has 0 spiro atoms. The highest BCUT2D eigenvalue weighted by molar-refractivity contribution is 6.30. The minimum absolute atomic E-state index is 0.0120. The number of aryl methyl sites for hydroxylation is 1. The zero-order chi connectivity index (χ0) is 15.4. The van der Waals surface area contributed by atoms with Gasteiger partial charge in [-0.3, -0.25) is 4.79 Å². The maximum absolute atomic E-state index is 12.1. The molecule has 1 unspecified atom stereocenters. The number of hydrogen-bond donors (Lipinski definition) is 1. The number of amides is 1. The number of rotatable bonds is 5. The molecular weight excluding hydrogens is 286 g/mol. The molecule has 1 atom stereocenters. The van der Waals surface area contributed by atoms with Gasteiger partial charge >= 0.3 is 0 Å². The molecule has 1 amide bonds. The first-order valence-corrected chi connectivity index (χ1v) is 7.37. The molecule has 0 radical (unpaired) electrons. The second kappa shape index (κ2) is 6.76. The first-order chi connectivity index (χ1) is 9.97. The molecule has 112 valence electrons. The van der Waals surface area contributed by atoms with Crippen LogP contribution in [0.3, 0.4) is 0 Å². The Kier molecular flexibility index (Phi) is 5.02. The van der Waals surface area contributed by atoms with Crippen LogP contribution in [-0.2, 0) is 11.8 Å². The zero-order valence-corrected chi connectivity index (χ0v) is 13.3. The van der Waals surface area contributed by atoms with Crippen LogP contribution in [0.1, 0.15) is 37.7 Å². The quantitative estimate of drug-likeness (QED) is 0.921. The molecule has 0 bridgehead atoms. The van der Waals surface area contributed by atoms with Gasteiger partial charge in [0, 0.05) is 30.9 Å². The van der Waals surface area contributed by atoms with Crippen molar-refractivity contribution in [3.05, 3.63) is 53.1 Å². The van der Waals surface area contributed by atoms with E-state index in [0.717, 1.165) is 11.4 Å². The van der Waals surface area contributed by atoms with Crippen LogP contribution in [0.15, 0.2) is 36.7 Å². The molecule has 0 saturated carbocycles. The van der Waals surface area contributed by atoms with Crippen LogP contribution < -0.4 is 5.32 Å². The molecule has 1 N–H and O–H groups in total. The zero-order valence-electron chi connectivity index (χ0n) is 12.5. The van der Waals surface area contributed by atoms with Gasteiger partial charge in [0.25, 0.3) is 0 Å². The summed E-state index contributed by atoms with van der Waals surface area (Å²) in [5.74, 6) is 1.11. The fourth-order valence-corrected chi connectivity index (χ4v) is 2.43. The van der Waals surface area contributed by atoms with Crippen molar-refractivity contribution in [1.82, 2.24) is 14.9 Å². The maximum Gasteiger partial charge on any atom is 0.221 e. The predicted octanol–water partition coefficient (Wildman–Crippen LogP) is 3.33. The first kappa shape index (κ1) is 15.6. The minimum atomic E-state index is -0.296. The number of nitrogens with zero attached hydrogens (tertiary/aromatic N) is 2. The van der Waals surface area contributed by atoms with E-state index in [0.29, 0.717) is 17.4 Å². The lowest BCUT2D eigenvalue weighted by atomic mass is 10.0. The lowest BCUT2D eigenvalue weighted by Gasteiger charge is -2.20. The van der Waals surface area contributed by atoms with Crippen molar-refractivity contribution in [2.24, 2.45) is 13.0 Å². The number of carbonyl (C=O) groups excluding carboxylic acids is 1. The van der Waals surface area contributed by atoms with E-state index in [4.69, 9.17) is 11.6 Å². The fourth-order valence-electron chi connectivity index (χ4n) is 2.23. The molecule has 1 aromatic carbocycles. The van der Waals surface area contributed by atoms with Crippen LogP contribution in [0.2, 0.25) is 5.02 Å². The van der Waals surface area contributed by atoms with Crippen molar-refractivity contribution in [2.45, 2.75) is 26.3 Å². The standard InChI is InChI=1S/C16H20ClN3O/c1-11(2)9-14(21)19-15(16-18-7-8-20(16)3)12-5-4-6-13(17)10-12/h4-8,10-11,15H,9H2,1-3H3,(H,19,21). The normalized spacial score (nSPS) is 12.4. The van der Waals surface area contributed by atoms with E-state index in [2.05, 4.69) is 10.3 Å². The minimum Gasteiger partial charge on any atom is -0.342 e. The van der Waals surface area contributed by atoms with Crippen LogP contribution in [0, 0.1) is 5.92 Å². The van der Waals surface area contributed by atoms with Gasteiger partial charge < -0.3 is 9.88 Å². The van der Waals surface area contributed by atoms with Gasteiger partial charge in [0.15, 0.2) is 0 Å². The van der Waals surface area contributed by atoms with Crippen molar-refractivity contribution in [1.29, 1.82) is 0 Å². The second-order valence-corrected chi connectivity index (χ2v) is 5.99. The molecule has 4 nitrogen and oxygen atoms in total. The lowest BCUT2D eigenvalue weighted by Crippen LogP contribution is -2.31. The van der Waals surface area contributed by atoms with Crippen LogP contribution in [0.4, 0.5) is 0 Å². The number of nitrogens with one attached hydrogen (secondary N) is 1. The largest absolute Gasteiger partial charge is 0.342 e. The summed E-state index contributed by atoms with van der Waals surface area (Å²) < 4.78 is 1.90. The predicted molar refractivity (Wildman–Crippen MR) is 84.1 cm³/mol. The summed E-state index contributed by atoms with van der Waals surface area (Å²) in [4.78, 5) is 16.5. The van der Waals surface area contributed by atoms with E-state index in [1.54, 1.807) is 6.20 Å². The summed E-state index contributed by atoms with van der Waals surface area (Å²) in [7, 11) is 1.91. The molecule has 21 heavy (non-hydrogen) atoms. The number of halogens is 1. The third-order valence-corrected chi connectivity index (χ3v) is 3.43. The Hall–Kier alpha value is -1.81. The van der Waals surface area contributed by atoms with Crippen LogP contribution in [0.25, 0.3) is 0 Å². The second-order valence-electron chi connectivity index (χ2n) is 5.55. The molecule has 0 saturated heterocycles. The molecule has 1 heterocycles. The van der Waals surface area contributed by atoms with Crippen molar-refractivity contribution >= 4 is 17.5 Å². The molecule has 0 aliphatic rings. The molecule has 5 heteroatoms. The number of hydrogen-bond acceptors (Lipinski definition) is 2. The Morgan fingerprint density at radius 3 is 2.76 bits per heavy atom. The maximum atomic E-state index is 12.1. The third-order valence-electron chi connectivity index (χ3n) is 3.20. The van der Waals surface area contributed by atoms with Gasteiger partial charge in [-0.1, -0.05) is 37.6 Å². The summed E-state index contributed by atoms with van der Waals surface area (Å²) in [5, 5.41) is 3.70. The third kappa shape index (κ3) is 4.08. The average molecular weight is 306 g/mol. The van der Waals surface area contributed by atoms with Crippen LogP contribution >= 0.6 is 11.6 Å². The van der Waals surface area contributed by atoms with E-state index >= 15 is 0 Å². The number of carbonyl (C=O) groups is 1. The van der Waals surface area contributed by atoms with Gasteiger partial charge in [-0.05, 0) is 23.6 Å². The van der Waals surface area contributed by atoms with Crippen molar-refractivity contribution in [2.75, 3.05) is 0 Å². The van der Waals surface area contributed by atoms with E-state index < -0.39 is 0 Å². The SMILES string of the molecule is CC(C)CC(=O)NC(c1cccc(Cl)c1)c1nccn1C. The van der Waals surface area contributed by atoms with Gasteiger partial charge in [0.05, 0.1) is 0 Å². The summed E-state index contributed by atoms with van der Waals surface area (Å²) in [6.07, 6.45) is 4.07. The highest BCUT2D eigenvalue weighted by Crippen LogP contribution is 2.23. The summed E-state index contributed by atoms with van der Waals surface area (Å²) in [6.45, 7) is 4.05. The summed E-state index contributed by atoms with van der Waals surface area (Å²) in [6, 6.07) is 7.20. The average Bonchev–Trinajstić information content (AvgIpc) is 2.81. The summed E-state index contributed by atoms with van der Waals surface area (Å²) in [5.41, 5.74) is 0.925. The number of aromatic nitrogens is 2. The van der Waals surface area contributed by atoms with Gasteiger partial charge in [0.1, 0.15) is 11.9 Å². The first-order valence-electron chi connectivity index (χ1n) is 6.99. The van der Waals surface area contributed by atoms with Gasteiger partial charge in [0.2, 0.25) is 5.91 Å². The van der Waals surface area contributed by atoms with E-state index in [-0.39, 0.29) is 11.9 Å². The summed E-state index contributed by atoms with van der Waals surface area (Å²) >= 11 is 6.07.